The highest BCUT2D eigenvalue weighted by atomic mass is 79.9. The van der Waals surface area contributed by atoms with Crippen LogP contribution in [-0.4, -0.2) is 22.4 Å². The lowest BCUT2D eigenvalue weighted by atomic mass is 10.1. The van der Waals surface area contributed by atoms with E-state index in [0.29, 0.717) is 16.9 Å². The van der Waals surface area contributed by atoms with Crippen LogP contribution in [0, 0.1) is 27.7 Å². The number of hydrogen-bond acceptors (Lipinski definition) is 3. The van der Waals surface area contributed by atoms with Gasteiger partial charge in [0.25, 0.3) is 5.91 Å². The van der Waals surface area contributed by atoms with E-state index >= 15 is 0 Å². The molecule has 8 heteroatoms. The number of aryl methyl sites for hydroxylation is 4. The molecule has 3 N–H and O–H groups in total. The quantitative estimate of drug-likeness (QED) is 0.299. The number of fused-ring (bicyclic) bond motifs is 1. The summed E-state index contributed by atoms with van der Waals surface area (Å²) < 4.78 is 2.17. The first-order chi connectivity index (χ1) is 16.7. The van der Waals surface area contributed by atoms with Crippen LogP contribution >= 0.6 is 15.9 Å². The number of benzene rings is 3. The van der Waals surface area contributed by atoms with Crippen molar-refractivity contribution in [2.24, 2.45) is 0 Å². The highest BCUT2D eigenvalue weighted by molar-refractivity contribution is 9.10. The summed E-state index contributed by atoms with van der Waals surface area (Å²) in [5.74, 6) is -2.14. The fourth-order valence-electron chi connectivity index (χ4n) is 4.00. The van der Waals surface area contributed by atoms with Gasteiger partial charge in [0.1, 0.15) is 5.69 Å². The van der Waals surface area contributed by atoms with E-state index in [1.165, 1.54) is 4.68 Å². The van der Waals surface area contributed by atoms with Crippen molar-refractivity contribution in [1.29, 1.82) is 0 Å². The van der Waals surface area contributed by atoms with Crippen LogP contribution in [0.25, 0.3) is 10.9 Å². The van der Waals surface area contributed by atoms with Gasteiger partial charge in [-0.3, -0.25) is 19.8 Å². The summed E-state index contributed by atoms with van der Waals surface area (Å²) in [6, 6.07) is 18.4. The van der Waals surface area contributed by atoms with E-state index in [1.807, 2.05) is 70.2 Å². The van der Waals surface area contributed by atoms with Crippen molar-refractivity contribution in [1.82, 2.24) is 4.68 Å². The molecule has 0 saturated carbocycles. The monoisotopic (exact) mass is 532 g/mol. The molecule has 35 heavy (non-hydrogen) atoms. The van der Waals surface area contributed by atoms with Crippen molar-refractivity contribution in [3.05, 3.63) is 93.1 Å². The molecule has 4 aromatic rings. The lowest BCUT2D eigenvalue weighted by Crippen LogP contribution is -2.36. The van der Waals surface area contributed by atoms with Crippen molar-refractivity contribution in [2.45, 2.75) is 27.7 Å². The third kappa shape index (κ3) is 4.97. The van der Waals surface area contributed by atoms with Gasteiger partial charge in [-0.05, 0) is 74.2 Å². The molecule has 0 saturated heterocycles. The summed E-state index contributed by atoms with van der Waals surface area (Å²) in [6.45, 7) is 7.53. The van der Waals surface area contributed by atoms with Crippen LogP contribution in [-0.2, 0) is 9.59 Å². The molecule has 0 aliphatic heterocycles. The number of anilines is 2. The third-order valence-corrected chi connectivity index (χ3v) is 6.35. The number of hydrogen-bond donors (Lipinski definition) is 3. The second-order valence-electron chi connectivity index (χ2n) is 8.45. The maximum Gasteiger partial charge on any atom is 0.328 e. The Labute approximate surface area is 211 Å². The summed E-state index contributed by atoms with van der Waals surface area (Å²) in [5.41, 5.74) is 8.17. The first kappa shape index (κ1) is 24.2. The molecule has 0 bridgehead atoms. The van der Waals surface area contributed by atoms with Gasteiger partial charge in [-0.1, -0.05) is 52.3 Å². The summed E-state index contributed by atoms with van der Waals surface area (Å²) in [5, 5.41) is 6.35. The summed E-state index contributed by atoms with van der Waals surface area (Å²) in [7, 11) is 0. The third-order valence-electron chi connectivity index (χ3n) is 5.86. The Morgan fingerprint density at radius 1 is 0.714 bits per heavy atom. The van der Waals surface area contributed by atoms with E-state index < -0.39 is 17.7 Å². The molecule has 0 unspecified atom stereocenters. The van der Waals surface area contributed by atoms with Crippen LogP contribution in [0.5, 0.6) is 0 Å². The predicted octanol–water partition coefficient (Wildman–Crippen LogP) is 5.60. The number of aromatic nitrogens is 1. The fourth-order valence-corrected chi connectivity index (χ4v) is 4.38. The van der Waals surface area contributed by atoms with Crippen LogP contribution in [0.1, 0.15) is 32.7 Å². The van der Waals surface area contributed by atoms with E-state index in [9.17, 15) is 14.4 Å². The van der Waals surface area contributed by atoms with E-state index in [1.54, 1.807) is 18.2 Å². The molecule has 0 aliphatic rings. The normalized spacial score (nSPS) is 10.8. The van der Waals surface area contributed by atoms with Gasteiger partial charge in [0.2, 0.25) is 0 Å². The molecule has 0 spiro atoms. The second kappa shape index (κ2) is 9.76. The summed E-state index contributed by atoms with van der Waals surface area (Å²) >= 11 is 3.44. The smallest absolute Gasteiger partial charge is 0.320 e. The van der Waals surface area contributed by atoms with Gasteiger partial charge in [-0.15, -0.1) is 0 Å². The van der Waals surface area contributed by atoms with Gasteiger partial charge < -0.3 is 10.6 Å². The molecule has 0 radical (unpaired) electrons. The number of halogens is 1. The molecule has 0 fully saturated rings. The molecular weight excluding hydrogens is 508 g/mol. The number of amides is 3. The number of carbonyl (C=O) groups excluding carboxylic acids is 3. The molecule has 1 aromatic heterocycles. The lowest BCUT2D eigenvalue weighted by molar-refractivity contribution is -0.133. The Kier molecular flexibility index (Phi) is 6.75. The Morgan fingerprint density at radius 2 is 1.26 bits per heavy atom. The average Bonchev–Trinajstić information content (AvgIpc) is 3.16. The topological polar surface area (TPSA) is 92.2 Å². The van der Waals surface area contributed by atoms with E-state index in [2.05, 4.69) is 32.0 Å². The zero-order valence-corrected chi connectivity index (χ0v) is 21.4. The van der Waals surface area contributed by atoms with Crippen LogP contribution in [0.15, 0.2) is 65.1 Å². The molecule has 178 valence electrons. The van der Waals surface area contributed by atoms with E-state index in [4.69, 9.17) is 0 Å². The number of para-hydroxylation sites is 2. The first-order valence-corrected chi connectivity index (χ1v) is 11.8. The molecular formula is C27H25BrN4O3. The Balaban J connectivity index is 1.67. The van der Waals surface area contributed by atoms with Crippen LogP contribution in [0.2, 0.25) is 0 Å². The Hall–Kier alpha value is -3.91. The second-order valence-corrected chi connectivity index (χ2v) is 9.37. The highest BCUT2D eigenvalue weighted by Gasteiger charge is 2.22. The van der Waals surface area contributed by atoms with E-state index in [-0.39, 0.29) is 5.69 Å². The standard InChI is InChI=1S/C27H25BrN4O3/c1-15-7-5-8-16(2)23(15)29-25(33)22-14-19-13-20(28)11-12-21(19)32(22)31-27(35)26(34)30-24-17(3)9-6-10-18(24)4/h5-14H,1-4H3,(H,29,33)(H,30,34)(H,31,35). The van der Waals surface area contributed by atoms with Crippen molar-refractivity contribution >= 4 is 55.9 Å². The maximum absolute atomic E-state index is 13.3. The first-order valence-electron chi connectivity index (χ1n) is 11.0. The molecule has 7 nitrogen and oxygen atoms in total. The molecule has 0 atom stereocenters. The largest absolute Gasteiger partial charge is 0.328 e. The van der Waals surface area contributed by atoms with E-state index in [0.717, 1.165) is 32.1 Å². The minimum atomic E-state index is -0.894. The molecule has 4 rings (SSSR count). The average molecular weight is 533 g/mol. The SMILES string of the molecule is Cc1cccc(C)c1NC(=O)C(=O)Nn1c(C(=O)Nc2c(C)cccc2C)cc2cc(Br)ccc21. The zero-order chi connectivity index (χ0) is 25.3. The Bertz CT molecular complexity index is 1450. The lowest BCUT2D eigenvalue weighted by Gasteiger charge is -2.15. The van der Waals surface area contributed by atoms with Gasteiger partial charge in [0.05, 0.1) is 5.52 Å². The maximum atomic E-state index is 13.3. The van der Waals surface area contributed by atoms with Crippen molar-refractivity contribution in [3.63, 3.8) is 0 Å². The van der Waals surface area contributed by atoms with Gasteiger partial charge in [-0.2, -0.15) is 0 Å². The summed E-state index contributed by atoms with van der Waals surface area (Å²) in [4.78, 5) is 39.0. The van der Waals surface area contributed by atoms with Crippen molar-refractivity contribution in [2.75, 3.05) is 16.1 Å². The molecule has 3 aromatic carbocycles. The number of rotatable bonds is 4. The molecule has 1 heterocycles. The summed E-state index contributed by atoms with van der Waals surface area (Å²) in [6.07, 6.45) is 0. The minimum Gasteiger partial charge on any atom is -0.320 e. The van der Waals surface area contributed by atoms with Crippen LogP contribution in [0.4, 0.5) is 11.4 Å². The molecule has 0 aliphatic carbocycles. The van der Waals surface area contributed by atoms with Gasteiger partial charge in [-0.25, -0.2) is 4.68 Å². The Morgan fingerprint density at radius 3 is 1.83 bits per heavy atom. The van der Waals surface area contributed by atoms with Crippen LogP contribution < -0.4 is 16.1 Å². The highest BCUT2D eigenvalue weighted by Crippen LogP contribution is 2.26. The predicted molar refractivity (Wildman–Crippen MR) is 142 cm³/mol. The number of nitrogens with zero attached hydrogens (tertiary/aromatic N) is 1. The number of carbonyl (C=O) groups is 3. The zero-order valence-electron chi connectivity index (χ0n) is 19.8. The van der Waals surface area contributed by atoms with Gasteiger partial charge in [0.15, 0.2) is 0 Å². The number of nitrogens with one attached hydrogen (secondary N) is 3. The van der Waals surface area contributed by atoms with Crippen molar-refractivity contribution in [3.8, 4) is 0 Å². The van der Waals surface area contributed by atoms with Gasteiger partial charge >= 0.3 is 11.8 Å². The minimum absolute atomic E-state index is 0.189. The fraction of sp³-hybridized carbons (Fsp3) is 0.148. The van der Waals surface area contributed by atoms with Crippen molar-refractivity contribution < 1.29 is 14.4 Å². The molecule has 3 amide bonds. The van der Waals surface area contributed by atoms with Gasteiger partial charge in [0, 0.05) is 21.2 Å². The van der Waals surface area contributed by atoms with Crippen LogP contribution in [0.3, 0.4) is 0 Å².